The lowest BCUT2D eigenvalue weighted by Gasteiger charge is -2.18. The second-order valence-corrected chi connectivity index (χ2v) is 6.18. The van der Waals surface area contributed by atoms with E-state index in [1.54, 1.807) is 17.9 Å². The maximum atomic E-state index is 12.5. The van der Waals surface area contributed by atoms with Crippen molar-refractivity contribution >= 4 is 17.4 Å². The lowest BCUT2D eigenvalue weighted by molar-refractivity contribution is -0.120. The summed E-state index contributed by atoms with van der Waals surface area (Å²) < 4.78 is 5.72. The molecule has 1 aliphatic heterocycles. The first kappa shape index (κ1) is 16.2. The summed E-state index contributed by atoms with van der Waals surface area (Å²) in [4.78, 5) is 25.7. The Morgan fingerprint density at radius 3 is 2.71 bits per heavy atom. The van der Waals surface area contributed by atoms with Gasteiger partial charge >= 0.3 is 0 Å². The molecule has 2 aromatic rings. The van der Waals surface area contributed by atoms with Gasteiger partial charge in [-0.25, -0.2) is 0 Å². The van der Waals surface area contributed by atoms with Gasteiger partial charge in [-0.15, -0.1) is 0 Å². The maximum absolute atomic E-state index is 12.5. The number of benzene rings is 2. The van der Waals surface area contributed by atoms with Gasteiger partial charge in [0.15, 0.2) is 12.4 Å². The minimum absolute atomic E-state index is 0.0121. The predicted molar refractivity (Wildman–Crippen MR) is 93.9 cm³/mol. The number of aryl methyl sites for hydroxylation is 1. The van der Waals surface area contributed by atoms with Crippen LogP contribution in [0.25, 0.3) is 0 Å². The van der Waals surface area contributed by atoms with E-state index >= 15 is 0 Å². The van der Waals surface area contributed by atoms with Crippen molar-refractivity contribution in [1.82, 2.24) is 0 Å². The van der Waals surface area contributed by atoms with E-state index in [2.05, 4.69) is 0 Å². The minimum atomic E-state index is -0.0646. The summed E-state index contributed by atoms with van der Waals surface area (Å²) in [7, 11) is 0. The van der Waals surface area contributed by atoms with Crippen molar-refractivity contribution in [2.75, 3.05) is 18.1 Å². The predicted octanol–water partition coefficient (Wildman–Crippen LogP) is 3.47. The summed E-state index contributed by atoms with van der Waals surface area (Å²) in [6.45, 7) is 6.21. The van der Waals surface area contributed by atoms with Crippen LogP contribution in [0.4, 0.5) is 5.69 Å². The Morgan fingerprint density at radius 1 is 1.17 bits per heavy atom. The Morgan fingerprint density at radius 2 is 1.96 bits per heavy atom. The molecule has 124 valence electrons. The first-order valence-electron chi connectivity index (χ1n) is 8.10. The third-order valence-electron chi connectivity index (χ3n) is 4.59. The number of ether oxygens (including phenoxy) is 1. The van der Waals surface area contributed by atoms with Crippen LogP contribution in [0, 0.1) is 13.8 Å². The largest absolute Gasteiger partial charge is 0.483 e. The van der Waals surface area contributed by atoms with Gasteiger partial charge in [0.1, 0.15) is 5.75 Å². The first-order valence-corrected chi connectivity index (χ1v) is 8.10. The van der Waals surface area contributed by atoms with Crippen molar-refractivity contribution in [3.8, 4) is 5.75 Å². The lowest BCUT2D eigenvalue weighted by atomic mass is 10.1. The zero-order valence-electron chi connectivity index (χ0n) is 14.3. The van der Waals surface area contributed by atoms with Crippen LogP contribution in [0.15, 0.2) is 36.4 Å². The number of rotatable bonds is 4. The standard InChI is InChI=1S/C20H21NO3/c1-13-5-4-6-19(14(13)2)24-12-20(23)21-10-9-17-11-16(15(3)22)7-8-18(17)21/h4-8,11H,9-10,12H2,1-3H3. The molecule has 4 nitrogen and oxygen atoms in total. The highest BCUT2D eigenvalue weighted by Gasteiger charge is 2.25. The molecule has 0 atom stereocenters. The van der Waals surface area contributed by atoms with Gasteiger partial charge in [0.2, 0.25) is 0 Å². The average Bonchev–Trinajstić information content (AvgIpc) is 2.99. The molecule has 0 saturated heterocycles. The summed E-state index contributed by atoms with van der Waals surface area (Å²) in [6, 6.07) is 11.3. The molecule has 1 amide bonds. The SMILES string of the molecule is CC(=O)c1ccc2c(c1)CCN2C(=O)COc1cccc(C)c1C. The van der Waals surface area contributed by atoms with Gasteiger partial charge in [0.25, 0.3) is 5.91 Å². The van der Waals surface area contributed by atoms with E-state index in [1.165, 1.54) is 0 Å². The van der Waals surface area contributed by atoms with E-state index in [0.717, 1.165) is 34.5 Å². The minimum Gasteiger partial charge on any atom is -0.483 e. The molecule has 4 heteroatoms. The number of carbonyl (C=O) groups excluding carboxylic acids is 2. The van der Waals surface area contributed by atoms with Crippen molar-refractivity contribution in [1.29, 1.82) is 0 Å². The average molecular weight is 323 g/mol. The summed E-state index contributed by atoms with van der Waals surface area (Å²) in [5.74, 6) is 0.723. The van der Waals surface area contributed by atoms with Crippen LogP contribution in [-0.4, -0.2) is 24.8 Å². The van der Waals surface area contributed by atoms with Crippen LogP contribution < -0.4 is 9.64 Å². The fourth-order valence-electron chi connectivity index (χ4n) is 2.98. The molecule has 2 aromatic carbocycles. The zero-order valence-corrected chi connectivity index (χ0v) is 14.3. The van der Waals surface area contributed by atoms with Crippen LogP contribution in [0.5, 0.6) is 5.75 Å². The zero-order chi connectivity index (χ0) is 17.3. The highest BCUT2D eigenvalue weighted by atomic mass is 16.5. The molecule has 0 N–H and O–H groups in total. The molecular formula is C20H21NO3. The van der Waals surface area contributed by atoms with Gasteiger partial charge < -0.3 is 9.64 Å². The summed E-state index contributed by atoms with van der Waals surface area (Å²) in [5, 5.41) is 0. The molecule has 0 spiro atoms. The van der Waals surface area contributed by atoms with Crippen LogP contribution in [0.2, 0.25) is 0 Å². The highest BCUT2D eigenvalue weighted by molar-refractivity contribution is 5.99. The van der Waals surface area contributed by atoms with Crippen molar-refractivity contribution in [3.05, 3.63) is 58.7 Å². The number of nitrogens with zero attached hydrogens (tertiary/aromatic N) is 1. The van der Waals surface area contributed by atoms with E-state index in [-0.39, 0.29) is 18.3 Å². The maximum Gasteiger partial charge on any atom is 0.264 e. The summed E-state index contributed by atoms with van der Waals surface area (Å²) in [5.41, 5.74) is 4.81. The lowest BCUT2D eigenvalue weighted by Crippen LogP contribution is -2.33. The van der Waals surface area contributed by atoms with Gasteiger partial charge in [-0.05, 0) is 68.1 Å². The van der Waals surface area contributed by atoms with Gasteiger partial charge in [-0.2, -0.15) is 0 Å². The number of amides is 1. The van der Waals surface area contributed by atoms with E-state index < -0.39 is 0 Å². The van der Waals surface area contributed by atoms with E-state index in [9.17, 15) is 9.59 Å². The number of Topliss-reactive ketones (excluding diaryl/α,β-unsaturated/α-hetero) is 1. The smallest absolute Gasteiger partial charge is 0.264 e. The Bertz CT molecular complexity index is 811. The number of carbonyl (C=O) groups is 2. The first-order chi connectivity index (χ1) is 11.5. The number of fused-ring (bicyclic) bond motifs is 1. The normalized spacial score (nSPS) is 12.9. The molecule has 0 unspecified atom stereocenters. The van der Waals surface area contributed by atoms with Crippen LogP contribution in [0.1, 0.15) is 34.0 Å². The molecular weight excluding hydrogens is 302 g/mol. The fourth-order valence-corrected chi connectivity index (χ4v) is 2.98. The van der Waals surface area contributed by atoms with E-state index in [4.69, 9.17) is 4.74 Å². The van der Waals surface area contributed by atoms with Crippen LogP contribution >= 0.6 is 0 Å². The van der Waals surface area contributed by atoms with E-state index in [0.29, 0.717) is 12.1 Å². The fraction of sp³-hybridized carbons (Fsp3) is 0.300. The molecule has 0 bridgehead atoms. The van der Waals surface area contributed by atoms with Gasteiger partial charge in [-0.3, -0.25) is 9.59 Å². The molecule has 24 heavy (non-hydrogen) atoms. The molecule has 0 aromatic heterocycles. The van der Waals surface area contributed by atoms with Gasteiger partial charge in [0.05, 0.1) is 0 Å². The van der Waals surface area contributed by atoms with Crippen molar-refractivity contribution in [3.63, 3.8) is 0 Å². The monoisotopic (exact) mass is 323 g/mol. The second kappa shape index (κ2) is 6.48. The molecule has 1 heterocycles. The molecule has 1 aliphatic rings. The number of hydrogen-bond donors (Lipinski definition) is 0. The highest BCUT2D eigenvalue weighted by Crippen LogP contribution is 2.29. The van der Waals surface area contributed by atoms with Crippen molar-refractivity contribution < 1.29 is 14.3 Å². The number of anilines is 1. The quantitative estimate of drug-likeness (QED) is 0.809. The van der Waals surface area contributed by atoms with E-state index in [1.807, 2.05) is 44.2 Å². The Balaban J connectivity index is 1.72. The van der Waals surface area contributed by atoms with Crippen molar-refractivity contribution in [2.24, 2.45) is 0 Å². The number of ketones is 1. The van der Waals surface area contributed by atoms with Crippen molar-refractivity contribution in [2.45, 2.75) is 27.2 Å². The van der Waals surface area contributed by atoms with Crippen LogP contribution in [-0.2, 0) is 11.2 Å². The summed E-state index contributed by atoms with van der Waals surface area (Å²) in [6.07, 6.45) is 0.770. The second-order valence-electron chi connectivity index (χ2n) is 6.18. The summed E-state index contributed by atoms with van der Waals surface area (Å²) >= 11 is 0. The Labute approximate surface area is 142 Å². The topological polar surface area (TPSA) is 46.6 Å². The third-order valence-corrected chi connectivity index (χ3v) is 4.59. The molecule has 0 saturated carbocycles. The molecule has 3 rings (SSSR count). The molecule has 0 aliphatic carbocycles. The van der Waals surface area contributed by atoms with Gasteiger partial charge in [-0.1, -0.05) is 12.1 Å². The number of hydrogen-bond acceptors (Lipinski definition) is 3. The molecule has 0 fully saturated rings. The molecule has 0 radical (unpaired) electrons. The Hall–Kier alpha value is -2.62. The Kier molecular flexibility index (Phi) is 4.38. The van der Waals surface area contributed by atoms with Crippen LogP contribution in [0.3, 0.4) is 0 Å². The third kappa shape index (κ3) is 3.04. The van der Waals surface area contributed by atoms with Gasteiger partial charge in [0, 0.05) is 17.8 Å².